The second-order valence-corrected chi connectivity index (χ2v) is 9.60. The SMILES string of the molecule is Cc1ccc(Oc2ccc(N3/C(=N/S(C)(=O)=O)NC[C@@H]3c3cccc(C(F)(F)F)c3)cc2)cc1. The Morgan fingerprint density at radius 2 is 1.62 bits per heavy atom. The van der Waals surface area contributed by atoms with E-state index in [-0.39, 0.29) is 12.5 Å². The first-order valence-electron chi connectivity index (χ1n) is 10.3. The summed E-state index contributed by atoms with van der Waals surface area (Å²) < 4.78 is 73.1. The molecule has 1 aliphatic heterocycles. The molecule has 1 heterocycles. The van der Waals surface area contributed by atoms with E-state index in [0.717, 1.165) is 24.0 Å². The lowest BCUT2D eigenvalue weighted by Crippen LogP contribution is -2.32. The van der Waals surface area contributed by atoms with Gasteiger partial charge < -0.3 is 15.0 Å². The summed E-state index contributed by atoms with van der Waals surface area (Å²) in [6.07, 6.45) is -3.54. The number of hydrogen-bond donors (Lipinski definition) is 1. The molecule has 4 rings (SSSR count). The normalized spacial score (nSPS) is 17.6. The van der Waals surface area contributed by atoms with Crippen molar-refractivity contribution < 1.29 is 26.3 Å². The molecule has 0 radical (unpaired) electrons. The van der Waals surface area contributed by atoms with Crippen molar-refractivity contribution in [2.75, 3.05) is 17.7 Å². The molecule has 0 unspecified atom stereocenters. The average Bonchev–Trinajstić information content (AvgIpc) is 3.17. The van der Waals surface area contributed by atoms with Crippen LogP contribution in [0, 0.1) is 6.92 Å². The zero-order valence-electron chi connectivity index (χ0n) is 18.4. The second-order valence-electron chi connectivity index (χ2n) is 7.95. The Morgan fingerprint density at radius 1 is 1.00 bits per heavy atom. The van der Waals surface area contributed by atoms with Crippen LogP contribution in [0.3, 0.4) is 0 Å². The van der Waals surface area contributed by atoms with E-state index in [0.29, 0.717) is 22.7 Å². The number of ether oxygens (including phenoxy) is 1. The first-order chi connectivity index (χ1) is 16.0. The molecule has 6 nitrogen and oxygen atoms in total. The van der Waals surface area contributed by atoms with E-state index in [2.05, 4.69) is 9.71 Å². The lowest BCUT2D eigenvalue weighted by Gasteiger charge is -2.26. The Labute approximate surface area is 195 Å². The molecule has 0 spiro atoms. The van der Waals surface area contributed by atoms with Crippen LogP contribution in [-0.2, 0) is 16.2 Å². The van der Waals surface area contributed by atoms with E-state index >= 15 is 0 Å². The Morgan fingerprint density at radius 3 is 2.21 bits per heavy atom. The molecule has 0 aromatic heterocycles. The van der Waals surface area contributed by atoms with Crippen LogP contribution in [0.1, 0.15) is 22.7 Å². The predicted molar refractivity (Wildman–Crippen MR) is 125 cm³/mol. The second kappa shape index (κ2) is 9.02. The highest BCUT2D eigenvalue weighted by atomic mass is 32.2. The van der Waals surface area contributed by atoms with Crippen LogP contribution in [0.4, 0.5) is 18.9 Å². The molecule has 34 heavy (non-hydrogen) atoms. The fraction of sp³-hybridized carbons (Fsp3) is 0.208. The largest absolute Gasteiger partial charge is 0.457 e. The van der Waals surface area contributed by atoms with E-state index < -0.39 is 27.8 Å². The molecule has 10 heteroatoms. The molecule has 3 aromatic rings. The van der Waals surface area contributed by atoms with Crippen molar-refractivity contribution in [3.63, 3.8) is 0 Å². The third kappa shape index (κ3) is 5.51. The number of alkyl halides is 3. The highest BCUT2D eigenvalue weighted by Crippen LogP contribution is 2.36. The maximum atomic E-state index is 13.3. The van der Waals surface area contributed by atoms with Crippen molar-refractivity contribution in [2.24, 2.45) is 4.40 Å². The van der Waals surface area contributed by atoms with Gasteiger partial charge in [0.1, 0.15) is 11.5 Å². The monoisotopic (exact) mass is 489 g/mol. The zero-order valence-corrected chi connectivity index (χ0v) is 19.2. The summed E-state index contributed by atoms with van der Waals surface area (Å²) in [5.74, 6) is 1.25. The lowest BCUT2D eigenvalue weighted by atomic mass is 10.0. The third-order valence-corrected chi connectivity index (χ3v) is 5.72. The van der Waals surface area contributed by atoms with Crippen molar-refractivity contribution in [1.82, 2.24) is 5.32 Å². The van der Waals surface area contributed by atoms with Crippen LogP contribution in [0.15, 0.2) is 77.2 Å². The van der Waals surface area contributed by atoms with Crippen LogP contribution in [-0.4, -0.2) is 27.2 Å². The summed E-state index contributed by atoms with van der Waals surface area (Å²) in [6, 6.07) is 18.7. The van der Waals surface area contributed by atoms with E-state index in [1.54, 1.807) is 35.2 Å². The number of aryl methyl sites for hydroxylation is 1. The van der Waals surface area contributed by atoms with Crippen LogP contribution in [0.25, 0.3) is 0 Å². The average molecular weight is 490 g/mol. The summed E-state index contributed by atoms with van der Waals surface area (Å²) >= 11 is 0. The van der Waals surface area contributed by atoms with Gasteiger partial charge in [0.05, 0.1) is 17.9 Å². The van der Waals surface area contributed by atoms with Crippen molar-refractivity contribution in [1.29, 1.82) is 0 Å². The molecule has 0 bridgehead atoms. The van der Waals surface area contributed by atoms with Gasteiger partial charge >= 0.3 is 6.18 Å². The van der Waals surface area contributed by atoms with Gasteiger partial charge in [-0.25, -0.2) is 8.42 Å². The smallest absolute Gasteiger partial charge is 0.416 e. The van der Waals surface area contributed by atoms with Crippen LogP contribution in [0.2, 0.25) is 0 Å². The van der Waals surface area contributed by atoms with Crippen molar-refractivity contribution in [3.8, 4) is 11.5 Å². The molecule has 1 N–H and O–H groups in total. The molecule has 1 fully saturated rings. The van der Waals surface area contributed by atoms with Gasteiger partial charge in [0.25, 0.3) is 10.0 Å². The minimum Gasteiger partial charge on any atom is -0.457 e. The number of hydrogen-bond acceptors (Lipinski definition) is 3. The van der Waals surface area contributed by atoms with Crippen LogP contribution >= 0.6 is 0 Å². The summed E-state index contributed by atoms with van der Waals surface area (Å²) in [5.41, 5.74) is 1.25. The molecule has 3 aromatic carbocycles. The zero-order chi connectivity index (χ0) is 24.5. The summed E-state index contributed by atoms with van der Waals surface area (Å²) in [4.78, 5) is 1.58. The Hall–Kier alpha value is -3.53. The first kappa shape index (κ1) is 23.6. The predicted octanol–water partition coefficient (Wildman–Crippen LogP) is 5.27. The molecule has 0 amide bonds. The Bertz CT molecular complexity index is 1310. The maximum absolute atomic E-state index is 13.3. The standard InChI is InChI=1S/C24H22F3N3O3S/c1-16-6-10-20(11-7-16)33-21-12-8-19(9-13-21)30-22(15-28-23(30)29-34(2,31)32)17-4-3-5-18(14-17)24(25,26)27/h3-14,22H,15H2,1-2H3,(H,28,29)/t22-/m1/s1. The maximum Gasteiger partial charge on any atom is 0.416 e. The number of sulfonamides is 1. The van der Waals surface area contributed by atoms with Gasteiger partial charge in [-0.3, -0.25) is 0 Å². The highest BCUT2D eigenvalue weighted by Gasteiger charge is 2.35. The summed E-state index contributed by atoms with van der Waals surface area (Å²) in [5, 5.41) is 2.91. The first-order valence-corrected chi connectivity index (χ1v) is 12.2. The van der Waals surface area contributed by atoms with Gasteiger partial charge in [-0.05, 0) is 61.0 Å². The highest BCUT2D eigenvalue weighted by molar-refractivity contribution is 7.89. The van der Waals surface area contributed by atoms with Crippen molar-refractivity contribution in [2.45, 2.75) is 19.1 Å². The molecule has 178 valence electrons. The Kier molecular flexibility index (Phi) is 6.26. The van der Waals surface area contributed by atoms with Gasteiger partial charge in [-0.2, -0.15) is 13.2 Å². The Balaban J connectivity index is 1.68. The van der Waals surface area contributed by atoms with Gasteiger partial charge in [0.2, 0.25) is 5.96 Å². The minimum atomic E-state index is -4.49. The molecular formula is C24H22F3N3O3S. The number of rotatable bonds is 5. The quantitative estimate of drug-likeness (QED) is 0.529. The topological polar surface area (TPSA) is 71.0 Å². The summed E-state index contributed by atoms with van der Waals surface area (Å²) in [7, 11) is -3.76. The van der Waals surface area contributed by atoms with Gasteiger partial charge in [-0.15, -0.1) is 4.40 Å². The molecule has 1 atom stereocenters. The molecule has 0 saturated carbocycles. The number of benzene rings is 3. The van der Waals surface area contributed by atoms with Crippen LogP contribution < -0.4 is 15.0 Å². The molecule has 0 aliphatic carbocycles. The van der Waals surface area contributed by atoms with Crippen molar-refractivity contribution in [3.05, 3.63) is 89.5 Å². The minimum absolute atomic E-state index is 0.0390. The number of nitrogens with zero attached hydrogens (tertiary/aromatic N) is 2. The number of halogens is 3. The van der Waals surface area contributed by atoms with E-state index in [1.807, 2.05) is 31.2 Å². The molecular weight excluding hydrogens is 467 g/mol. The van der Waals surface area contributed by atoms with E-state index in [4.69, 9.17) is 4.74 Å². The fourth-order valence-electron chi connectivity index (χ4n) is 3.65. The summed E-state index contributed by atoms with van der Waals surface area (Å²) in [6.45, 7) is 2.15. The fourth-order valence-corrected chi connectivity index (χ4v) is 4.12. The van der Waals surface area contributed by atoms with Crippen molar-refractivity contribution >= 4 is 21.7 Å². The van der Waals surface area contributed by atoms with E-state index in [9.17, 15) is 21.6 Å². The van der Waals surface area contributed by atoms with E-state index in [1.165, 1.54) is 6.07 Å². The van der Waals surface area contributed by atoms with Crippen LogP contribution in [0.5, 0.6) is 11.5 Å². The lowest BCUT2D eigenvalue weighted by molar-refractivity contribution is -0.137. The number of guanidine groups is 1. The number of anilines is 1. The van der Waals surface area contributed by atoms with Gasteiger partial charge in [0.15, 0.2) is 0 Å². The molecule has 1 saturated heterocycles. The van der Waals surface area contributed by atoms with Gasteiger partial charge in [0, 0.05) is 12.2 Å². The van der Waals surface area contributed by atoms with Gasteiger partial charge in [-0.1, -0.05) is 29.8 Å². The third-order valence-electron chi connectivity index (χ3n) is 5.22. The number of nitrogens with one attached hydrogen (secondary N) is 1. The molecule has 1 aliphatic rings.